The summed E-state index contributed by atoms with van der Waals surface area (Å²) < 4.78 is 5.89. The molecule has 0 spiro atoms. The van der Waals surface area contributed by atoms with Crippen molar-refractivity contribution in [2.45, 2.75) is 44.6 Å². The Kier molecular flexibility index (Phi) is 6.47. The number of imide groups is 1. The Morgan fingerprint density at radius 1 is 1.09 bits per heavy atom. The molecule has 0 bridgehead atoms. The normalized spacial score (nSPS) is 15.9. The fourth-order valence-corrected chi connectivity index (χ4v) is 4.20. The molecule has 1 aromatic heterocycles. The molecule has 0 unspecified atom stereocenters. The molecule has 4 amide bonds. The average molecular weight is 474 g/mol. The molecule has 2 heterocycles. The summed E-state index contributed by atoms with van der Waals surface area (Å²) in [4.78, 5) is 37.4. The zero-order valence-corrected chi connectivity index (χ0v) is 19.3. The van der Waals surface area contributed by atoms with Crippen LogP contribution < -0.4 is 20.3 Å². The number of urea groups is 1. The summed E-state index contributed by atoms with van der Waals surface area (Å²) in [6.45, 7) is 0.677. The first-order valence-electron chi connectivity index (χ1n) is 11.8. The minimum Gasteiger partial charge on any atom is -0.489 e. The molecule has 2 aromatic carbocycles. The van der Waals surface area contributed by atoms with Gasteiger partial charge < -0.3 is 10.1 Å². The van der Waals surface area contributed by atoms with Gasteiger partial charge in [-0.05, 0) is 48.2 Å². The maximum atomic E-state index is 12.4. The molecule has 2 fully saturated rings. The van der Waals surface area contributed by atoms with E-state index in [1.807, 2.05) is 54.6 Å². The monoisotopic (exact) mass is 473 g/mol. The number of hydrogen-bond donors (Lipinski definition) is 3. The summed E-state index contributed by atoms with van der Waals surface area (Å²) in [5.41, 5.74) is 3.58. The molecule has 0 radical (unpaired) electrons. The summed E-state index contributed by atoms with van der Waals surface area (Å²) >= 11 is 0. The third kappa shape index (κ3) is 5.51. The van der Waals surface area contributed by atoms with Crippen molar-refractivity contribution < 1.29 is 19.1 Å². The molecule has 1 saturated carbocycles. The van der Waals surface area contributed by atoms with Gasteiger partial charge in [-0.25, -0.2) is 4.79 Å². The summed E-state index contributed by atoms with van der Waals surface area (Å²) in [7, 11) is 0. The van der Waals surface area contributed by atoms with Crippen molar-refractivity contribution in [1.29, 1.82) is 0 Å². The van der Waals surface area contributed by atoms with E-state index in [1.165, 1.54) is 19.3 Å². The van der Waals surface area contributed by atoms with Crippen molar-refractivity contribution in [2.24, 2.45) is 0 Å². The molecule has 1 aliphatic heterocycles. The van der Waals surface area contributed by atoms with Gasteiger partial charge in [0.1, 0.15) is 12.4 Å². The van der Waals surface area contributed by atoms with Gasteiger partial charge in [0.15, 0.2) is 5.82 Å². The van der Waals surface area contributed by atoms with Gasteiger partial charge in [-0.2, -0.15) is 5.10 Å². The first-order valence-corrected chi connectivity index (χ1v) is 11.8. The summed E-state index contributed by atoms with van der Waals surface area (Å²) in [5.74, 6) is 1.40. The first kappa shape index (κ1) is 22.6. The Morgan fingerprint density at radius 3 is 2.66 bits per heavy atom. The van der Waals surface area contributed by atoms with Crippen LogP contribution in [-0.4, -0.2) is 34.6 Å². The van der Waals surface area contributed by atoms with Crippen molar-refractivity contribution in [1.82, 2.24) is 15.5 Å². The van der Waals surface area contributed by atoms with E-state index in [-0.39, 0.29) is 24.7 Å². The van der Waals surface area contributed by atoms with Crippen molar-refractivity contribution in [3.05, 3.63) is 71.4 Å². The van der Waals surface area contributed by atoms with E-state index < -0.39 is 6.03 Å². The number of amides is 4. The number of aromatic amines is 1. The minimum atomic E-state index is -0.412. The van der Waals surface area contributed by atoms with Crippen LogP contribution in [0.5, 0.6) is 5.75 Å². The second-order valence-corrected chi connectivity index (χ2v) is 8.92. The highest BCUT2D eigenvalue weighted by Gasteiger charge is 2.24. The lowest BCUT2D eigenvalue weighted by molar-refractivity contribution is -0.120. The zero-order chi connectivity index (χ0) is 24.2. The maximum Gasteiger partial charge on any atom is 0.328 e. The fraction of sp³-hybridized carbons (Fsp3) is 0.308. The van der Waals surface area contributed by atoms with E-state index in [0.717, 1.165) is 16.8 Å². The SMILES string of the molecule is O=C1CCN(c2cccc(COc3ccc(CC(=O)Nc4cc(C5CCC5)[nH]n4)cc3)c2)C(=O)N1. The van der Waals surface area contributed by atoms with Crippen molar-refractivity contribution in [2.75, 3.05) is 16.8 Å². The van der Waals surface area contributed by atoms with Crippen LogP contribution in [0.15, 0.2) is 54.6 Å². The molecule has 3 aromatic rings. The molecule has 9 heteroatoms. The number of carbonyl (C=O) groups excluding carboxylic acids is 3. The Morgan fingerprint density at radius 2 is 1.91 bits per heavy atom. The van der Waals surface area contributed by atoms with E-state index in [2.05, 4.69) is 20.8 Å². The number of benzene rings is 2. The van der Waals surface area contributed by atoms with Gasteiger partial charge in [-0.3, -0.25) is 24.9 Å². The number of nitrogens with one attached hydrogen (secondary N) is 3. The number of H-pyrrole nitrogens is 1. The number of nitrogens with zero attached hydrogens (tertiary/aromatic N) is 2. The van der Waals surface area contributed by atoms with Crippen LogP contribution in [0, 0.1) is 0 Å². The number of aromatic nitrogens is 2. The molecule has 5 rings (SSSR count). The molecule has 1 aliphatic carbocycles. The summed E-state index contributed by atoms with van der Waals surface area (Å²) in [6.07, 6.45) is 4.12. The van der Waals surface area contributed by atoms with E-state index >= 15 is 0 Å². The Balaban J connectivity index is 1.12. The maximum absolute atomic E-state index is 12.4. The van der Waals surface area contributed by atoms with Gasteiger partial charge in [0.25, 0.3) is 0 Å². The van der Waals surface area contributed by atoms with E-state index in [9.17, 15) is 14.4 Å². The smallest absolute Gasteiger partial charge is 0.328 e. The highest BCUT2D eigenvalue weighted by Crippen LogP contribution is 2.35. The number of rotatable bonds is 8. The van der Waals surface area contributed by atoms with Crippen molar-refractivity contribution in [3.8, 4) is 5.75 Å². The Hall–Kier alpha value is -4.14. The van der Waals surface area contributed by atoms with Crippen LogP contribution in [0.4, 0.5) is 16.3 Å². The van der Waals surface area contributed by atoms with Gasteiger partial charge >= 0.3 is 6.03 Å². The van der Waals surface area contributed by atoms with Gasteiger partial charge in [-0.1, -0.05) is 30.7 Å². The van der Waals surface area contributed by atoms with E-state index in [4.69, 9.17) is 4.74 Å². The molecule has 180 valence electrons. The fourth-order valence-electron chi connectivity index (χ4n) is 4.20. The predicted octanol–water partition coefficient (Wildman–Crippen LogP) is 3.88. The number of hydrogen-bond acceptors (Lipinski definition) is 5. The molecule has 0 atom stereocenters. The van der Waals surface area contributed by atoms with Gasteiger partial charge in [-0.15, -0.1) is 0 Å². The lowest BCUT2D eigenvalue weighted by Crippen LogP contribution is -2.49. The topological polar surface area (TPSA) is 116 Å². The number of ether oxygens (including phenoxy) is 1. The van der Waals surface area contributed by atoms with Crippen LogP contribution in [0.1, 0.15) is 48.4 Å². The zero-order valence-electron chi connectivity index (χ0n) is 19.3. The Labute approximate surface area is 202 Å². The van der Waals surface area contributed by atoms with Crippen LogP contribution in [0.2, 0.25) is 0 Å². The molecule has 9 nitrogen and oxygen atoms in total. The van der Waals surface area contributed by atoms with Crippen LogP contribution in [-0.2, 0) is 22.6 Å². The molecule has 35 heavy (non-hydrogen) atoms. The number of anilines is 2. The second-order valence-electron chi connectivity index (χ2n) is 8.92. The molecular formula is C26H27N5O4. The van der Waals surface area contributed by atoms with Gasteiger partial charge in [0, 0.05) is 36.3 Å². The predicted molar refractivity (Wildman–Crippen MR) is 130 cm³/mol. The van der Waals surface area contributed by atoms with E-state index in [0.29, 0.717) is 36.3 Å². The van der Waals surface area contributed by atoms with Crippen molar-refractivity contribution >= 4 is 29.4 Å². The van der Waals surface area contributed by atoms with Crippen LogP contribution >= 0.6 is 0 Å². The highest BCUT2D eigenvalue weighted by molar-refractivity contribution is 6.05. The van der Waals surface area contributed by atoms with Crippen molar-refractivity contribution in [3.63, 3.8) is 0 Å². The van der Waals surface area contributed by atoms with Gasteiger partial charge in [0.2, 0.25) is 11.8 Å². The molecular weight excluding hydrogens is 446 g/mol. The first-order chi connectivity index (χ1) is 17.0. The Bertz CT molecular complexity index is 1230. The lowest BCUT2D eigenvalue weighted by atomic mass is 9.83. The third-order valence-corrected chi connectivity index (χ3v) is 6.38. The van der Waals surface area contributed by atoms with Crippen LogP contribution in [0.3, 0.4) is 0 Å². The second kappa shape index (κ2) is 10.0. The summed E-state index contributed by atoms with van der Waals surface area (Å²) in [6, 6.07) is 16.4. The highest BCUT2D eigenvalue weighted by atomic mass is 16.5. The quantitative estimate of drug-likeness (QED) is 0.459. The largest absolute Gasteiger partial charge is 0.489 e. The molecule has 3 N–H and O–H groups in total. The van der Waals surface area contributed by atoms with Gasteiger partial charge in [0.05, 0.1) is 6.42 Å². The standard InChI is InChI=1S/C26H27N5O4/c32-24-11-12-31(26(34)28-24)20-6-1-3-18(13-20)16-35-21-9-7-17(8-10-21)14-25(33)27-23-15-22(29-30-23)19-4-2-5-19/h1,3,6-10,13,15,19H,2,4-5,11-12,14,16H2,(H,28,32,34)(H2,27,29,30,33). The molecule has 2 aliphatic rings. The minimum absolute atomic E-state index is 0.120. The third-order valence-electron chi connectivity index (χ3n) is 6.38. The van der Waals surface area contributed by atoms with E-state index in [1.54, 1.807) is 4.90 Å². The van der Waals surface area contributed by atoms with Crippen LogP contribution in [0.25, 0.3) is 0 Å². The molecule has 1 saturated heterocycles. The lowest BCUT2D eigenvalue weighted by Gasteiger charge is -2.26. The average Bonchev–Trinajstić information content (AvgIpc) is 3.25. The number of carbonyl (C=O) groups is 3. The summed E-state index contributed by atoms with van der Waals surface area (Å²) in [5, 5.41) is 12.4.